The molecule has 1 aliphatic rings. The van der Waals surface area contributed by atoms with Crippen LogP contribution in [0, 0.1) is 13.8 Å². The zero-order chi connectivity index (χ0) is 16.9. The summed E-state index contributed by atoms with van der Waals surface area (Å²) >= 11 is 3.59. The van der Waals surface area contributed by atoms with E-state index in [-0.39, 0.29) is 5.91 Å². The van der Waals surface area contributed by atoms with E-state index >= 15 is 0 Å². The van der Waals surface area contributed by atoms with E-state index in [2.05, 4.69) is 16.4 Å². The van der Waals surface area contributed by atoms with Crippen LogP contribution in [0.1, 0.15) is 27.0 Å². The van der Waals surface area contributed by atoms with Gasteiger partial charge in [0.1, 0.15) is 4.38 Å². The standard InChI is InChI=1S/C19H20N2OS2/c1-13-3-8-17(14(2)11-13)21-18(22)16-6-4-15(5-7-16)12-24-19-20-9-10-23-19/h3-8,11H,9-10,12H2,1-2H3,(H,21,22). The number of carbonyl (C=O) groups is 1. The van der Waals surface area contributed by atoms with Gasteiger partial charge in [-0.3, -0.25) is 9.79 Å². The van der Waals surface area contributed by atoms with E-state index in [0.29, 0.717) is 5.56 Å². The zero-order valence-corrected chi connectivity index (χ0v) is 15.5. The average molecular weight is 357 g/mol. The molecule has 0 aromatic heterocycles. The SMILES string of the molecule is Cc1ccc(NC(=O)c2ccc(CSC3=NCCS3)cc2)c(C)c1. The number of hydrogen-bond acceptors (Lipinski definition) is 4. The Morgan fingerprint density at radius 1 is 1.21 bits per heavy atom. The van der Waals surface area contributed by atoms with Gasteiger partial charge in [-0.2, -0.15) is 0 Å². The molecule has 1 aliphatic heterocycles. The highest BCUT2D eigenvalue weighted by molar-refractivity contribution is 8.38. The van der Waals surface area contributed by atoms with E-state index in [1.165, 1.54) is 15.5 Å². The highest BCUT2D eigenvalue weighted by atomic mass is 32.2. The lowest BCUT2D eigenvalue weighted by Crippen LogP contribution is -2.12. The number of aryl methyl sites for hydroxylation is 2. The second-order valence-electron chi connectivity index (χ2n) is 5.75. The van der Waals surface area contributed by atoms with Crippen LogP contribution in [-0.4, -0.2) is 22.6 Å². The first-order chi connectivity index (χ1) is 11.6. The van der Waals surface area contributed by atoms with Gasteiger partial charge in [0.05, 0.1) is 6.54 Å². The lowest BCUT2D eigenvalue weighted by atomic mass is 10.1. The van der Waals surface area contributed by atoms with Gasteiger partial charge in [0.15, 0.2) is 0 Å². The van der Waals surface area contributed by atoms with E-state index in [1.54, 1.807) is 11.8 Å². The number of nitrogens with one attached hydrogen (secondary N) is 1. The third-order valence-electron chi connectivity index (χ3n) is 3.77. The molecule has 3 nitrogen and oxygen atoms in total. The van der Waals surface area contributed by atoms with Crippen LogP contribution in [0.15, 0.2) is 47.5 Å². The van der Waals surface area contributed by atoms with E-state index in [1.807, 2.05) is 62.0 Å². The Bertz CT molecular complexity index is 769. The summed E-state index contributed by atoms with van der Waals surface area (Å²) in [6, 6.07) is 13.8. The largest absolute Gasteiger partial charge is 0.322 e. The summed E-state index contributed by atoms with van der Waals surface area (Å²) in [6.07, 6.45) is 0. The fourth-order valence-corrected chi connectivity index (χ4v) is 4.41. The average Bonchev–Trinajstić information content (AvgIpc) is 3.09. The molecule has 0 aliphatic carbocycles. The van der Waals surface area contributed by atoms with Crippen molar-refractivity contribution in [2.75, 3.05) is 17.6 Å². The summed E-state index contributed by atoms with van der Waals surface area (Å²) in [7, 11) is 0. The summed E-state index contributed by atoms with van der Waals surface area (Å²) < 4.78 is 1.17. The molecule has 2 aromatic rings. The van der Waals surface area contributed by atoms with Crippen molar-refractivity contribution in [3.8, 4) is 0 Å². The van der Waals surface area contributed by atoms with Crippen molar-refractivity contribution in [1.82, 2.24) is 0 Å². The predicted molar refractivity (Wildman–Crippen MR) is 106 cm³/mol. The van der Waals surface area contributed by atoms with Gasteiger partial charge in [-0.25, -0.2) is 0 Å². The molecule has 3 rings (SSSR count). The number of rotatable bonds is 4. The van der Waals surface area contributed by atoms with Gasteiger partial charge >= 0.3 is 0 Å². The third-order valence-corrected chi connectivity index (χ3v) is 6.09. The van der Waals surface area contributed by atoms with Crippen molar-refractivity contribution in [3.05, 3.63) is 64.7 Å². The Hall–Kier alpha value is -1.72. The topological polar surface area (TPSA) is 41.5 Å². The fraction of sp³-hybridized carbons (Fsp3) is 0.263. The quantitative estimate of drug-likeness (QED) is 0.848. The predicted octanol–water partition coefficient (Wildman–Crippen LogP) is 4.89. The third kappa shape index (κ3) is 4.42. The molecule has 0 saturated heterocycles. The molecule has 5 heteroatoms. The maximum atomic E-state index is 12.4. The summed E-state index contributed by atoms with van der Waals surface area (Å²) in [5, 5.41) is 2.98. The molecular formula is C19H20N2OS2. The van der Waals surface area contributed by atoms with E-state index in [9.17, 15) is 4.79 Å². The normalized spacial score (nSPS) is 13.7. The van der Waals surface area contributed by atoms with Crippen LogP contribution in [0.4, 0.5) is 5.69 Å². The Labute approximate surface area is 151 Å². The maximum absolute atomic E-state index is 12.4. The minimum atomic E-state index is -0.0723. The number of hydrogen-bond donors (Lipinski definition) is 1. The van der Waals surface area contributed by atoms with Crippen LogP contribution in [0.2, 0.25) is 0 Å². The first kappa shape index (κ1) is 17.1. The van der Waals surface area contributed by atoms with Crippen molar-refractivity contribution in [2.24, 2.45) is 4.99 Å². The second-order valence-corrected chi connectivity index (χ2v) is 8.06. The van der Waals surface area contributed by atoms with Crippen molar-refractivity contribution in [1.29, 1.82) is 0 Å². The van der Waals surface area contributed by atoms with E-state index in [4.69, 9.17) is 0 Å². The molecule has 124 valence electrons. The minimum absolute atomic E-state index is 0.0723. The van der Waals surface area contributed by atoms with Crippen LogP contribution in [0.3, 0.4) is 0 Å². The number of thioether (sulfide) groups is 2. The first-order valence-electron chi connectivity index (χ1n) is 7.89. The number of amides is 1. The number of aliphatic imine (C=N–C) groups is 1. The molecule has 0 fully saturated rings. The first-order valence-corrected chi connectivity index (χ1v) is 9.86. The van der Waals surface area contributed by atoms with Gasteiger partial charge in [0, 0.05) is 22.8 Å². The molecule has 0 spiro atoms. The zero-order valence-electron chi connectivity index (χ0n) is 13.8. The number of carbonyl (C=O) groups excluding carboxylic acids is 1. The molecule has 1 N–H and O–H groups in total. The Kier molecular flexibility index (Phi) is 5.63. The molecule has 0 saturated carbocycles. The van der Waals surface area contributed by atoms with Crippen LogP contribution in [-0.2, 0) is 5.75 Å². The van der Waals surface area contributed by atoms with Crippen molar-refractivity contribution < 1.29 is 4.79 Å². The highest BCUT2D eigenvalue weighted by Gasteiger charge is 2.10. The molecule has 0 unspecified atom stereocenters. The van der Waals surface area contributed by atoms with Crippen LogP contribution < -0.4 is 5.32 Å². The number of anilines is 1. The maximum Gasteiger partial charge on any atom is 0.255 e. The lowest BCUT2D eigenvalue weighted by molar-refractivity contribution is 0.102. The summed E-state index contributed by atoms with van der Waals surface area (Å²) in [4.78, 5) is 16.8. The fourth-order valence-electron chi connectivity index (χ4n) is 2.45. The molecule has 0 bridgehead atoms. The van der Waals surface area contributed by atoms with E-state index < -0.39 is 0 Å². The molecule has 24 heavy (non-hydrogen) atoms. The van der Waals surface area contributed by atoms with Crippen LogP contribution >= 0.6 is 23.5 Å². The number of nitrogens with zero attached hydrogens (tertiary/aromatic N) is 1. The van der Waals surface area contributed by atoms with Gasteiger partial charge in [-0.1, -0.05) is 53.4 Å². The van der Waals surface area contributed by atoms with Gasteiger partial charge in [0.25, 0.3) is 5.91 Å². The van der Waals surface area contributed by atoms with Gasteiger partial charge in [-0.15, -0.1) is 0 Å². The Balaban J connectivity index is 1.60. The second kappa shape index (κ2) is 7.90. The summed E-state index contributed by atoms with van der Waals surface area (Å²) in [5.41, 5.74) is 5.01. The van der Waals surface area contributed by atoms with Crippen LogP contribution in [0.25, 0.3) is 0 Å². The summed E-state index contributed by atoms with van der Waals surface area (Å²) in [6.45, 7) is 4.99. The van der Waals surface area contributed by atoms with Crippen molar-refractivity contribution >= 4 is 39.5 Å². The number of benzene rings is 2. The van der Waals surface area contributed by atoms with Crippen LogP contribution in [0.5, 0.6) is 0 Å². The monoisotopic (exact) mass is 356 g/mol. The molecule has 0 radical (unpaired) electrons. The molecule has 0 atom stereocenters. The molecular weight excluding hydrogens is 336 g/mol. The Morgan fingerprint density at radius 2 is 2.00 bits per heavy atom. The smallest absolute Gasteiger partial charge is 0.255 e. The van der Waals surface area contributed by atoms with Gasteiger partial charge in [-0.05, 0) is 43.2 Å². The van der Waals surface area contributed by atoms with Gasteiger partial charge < -0.3 is 5.32 Å². The molecule has 2 aromatic carbocycles. The van der Waals surface area contributed by atoms with E-state index in [0.717, 1.165) is 29.3 Å². The summed E-state index contributed by atoms with van der Waals surface area (Å²) in [5.74, 6) is 1.92. The van der Waals surface area contributed by atoms with Crippen molar-refractivity contribution in [3.63, 3.8) is 0 Å². The Morgan fingerprint density at radius 3 is 2.67 bits per heavy atom. The van der Waals surface area contributed by atoms with Gasteiger partial charge in [0.2, 0.25) is 0 Å². The molecule has 1 amide bonds. The van der Waals surface area contributed by atoms with Crippen molar-refractivity contribution in [2.45, 2.75) is 19.6 Å². The molecule has 1 heterocycles. The lowest BCUT2D eigenvalue weighted by Gasteiger charge is -2.09. The minimum Gasteiger partial charge on any atom is -0.322 e. The highest BCUT2D eigenvalue weighted by Crippen LogP contribution is 2.25.